The van der Waals surface area contributed by atoms with Crippen LogP contribution in [-0.2, 0) is 38.6 Å². The first-order valence-corrected chi connectivity index (χ1v) is 17.5. The van der Waals surface area contributed by atoms with Gasteiger partial charge in [0.15, 0.2) is 6.29 Å². The Kier molecular flexibility index (Phi) is 12.0. The Morgan fingerprint density at radius 1 is 0.942 bits per heavy atom. The van der Waals surface area contributed by atoms with Crippen LogP contribution in [0.3, 0.4) is 0 Å². The normalized spacial score (nSPS) is 20.6. The third-order valence-corrected chi connectivity index (χ3v) is 9.57. The van der Waals surface area contributed by atoms with E-state index in [1.165, 1.54) is 0 Å². The summed E-state index contributed by atoms with van der Waals surface area (Å²) in [5.74, 6) is -2.58. The second kappa shape index (κ2) is 16.8. The van der Waals surface area contributed by atoms with Crippen LogP contribution in [0.5, 0.6) is 0 Å². The van der Waals surface area contributed by atoms with Crippen molar-refractivity contribution in [3.05, 3.63) is 125 Å². The average molecular weight is 717 g/mol. The van der Waals surface area contributed by atoms with E-state index in [0.717, 1.165) is 52.0 Å². The molecule has 274 valence electrons. The zero-order chi connectivity index (χ0) is 36.7. The number of nitrogens with one attached hydrogen (secondary N) is 1. The first-order chi connectivity index (χ1) is 25.1. The van der Waals surface area contributed by atoms with E-state index in [9.17, 15) is 27.9 Å². The summed E-state index contributed by atoms with van der Waals surface area (Å²) in [6.07, 6.45) is -2.12. The predicted octanol–water partition coefficient (Wildman–Crippen LogP) is 6.13. The molecule has 12 heteroatoms. The second-order valence-electron chi connectivity index (χ2n) is 13.4. The number of carbonyl (C=O) groups excluding carboxylic acids is 2. The number of amides is 2. The number of nitrogens with zero attached hydrogens (tertiary/aromatic N) is 3. The van der Waals surface area contributed by atoms with Crippen molar-refractivity contribution in [2.45, 2.75) is 69.6 Å². The van der Waals surface area contributed by atoms with Crippen molar-refractivity contribution in [1.29, 1.82) is 0 Å². The van der Waals surface area contributed by atoms with Gasteiger partial charge in [0, 0.05) is 56.5 Å². The van der Waals surface area contributed by atoms with Gasteiger partial charge in [-0.05, 0) is 65.9 Å². The molecule has 2 N–H and O–H groups in total. The van der Waals surface area contributed by atoms with E-state index in [4.69, 9.17) is 9.47 Å². The lowest BCUT2D eigenvalue weighted by Crippen LogP contribution is -2.50. The number of aliphatic hydroxyl groups is 1. The van der Waals surface area contributed by atoms with Crippen molar-refractivity contribution >= 4 is 11.8 Å². The van der Waals surface area contributed by atoms with Crippen LogP contribution in [0.15, 0.2) is 97.2 Å². The Bertz CT molecular complexity index is 1790. The number of hydrogen-bond acceptors (Lipinski definition) is 7. The maximum atomic E-state index is 13.0. The van der Waals surface area contributed by atoms with Gasteiger partial charge in [-0.25, -0.2) is 0 Å². The van der Waals surface area contributed by atoms with Gasteiger partial charge in [0.25, 0.3) is 0 Å². The fourth-order valence-corrected chi connectivity index (χ4v) is 6.77. The highest BCUT2D eigenvalue weighted by molar-refractivity contribution is 5.90. The van der Waals surface area contributed by atoms with Gasteiger partial charge in [-0.3, -0.25) is 14.6 Å². The molecule has 1 aromatic heterocycles. The van der Waals surface area contributed by atoms with Crippen LogP contribution in [-0.4, -0.2) is 76.7 Å². The minimum Gasteiger partial charge on any atom is -0.392 e. The van der Waals surface area contributed by atoms with E-state index >= 15 is 0 Å². The fraction of sp³-hybridized carbons (Fsp3) is 0.375. The van der Waals surface area contributed by atoms with Crippen LogP contribution in [0.1, 0.15) is 59.6 Å². The molecule has 4 aromatic rings. The van der Waals surface area contributed by atoms with Crippen molar-refractivity contribution in [2.75, 3.05) is 26.7 Å². The van der Waals surface area contributed by atoms with Crippen molar-refractivity contribution in [1.82, 2.24) is 20.1 Å². The number of rotatable bonds is 12. The third kappa shape index (κ3) is 9.43. The van der Waals surface area contributed by atoms with Gasteiger partial charge in [0.05, 0.1) is 18.8 Å². The van der Waals surface area contributed by atoms with Gasteiger partial charge < -0.3 is 29.7 Å². The summed E-state index contributed by atoms with van der Waals surface area (Å²) >= 11 is 0. The van der Waals surface area contributed by atoms with Gasteiger partial charge in [-0.15, -0.1) is 0 Å². The number of alkyl halides is 3. The summed E-state index contributed by atoms with van der Waals surface area (Å²) in [6.45, 7) is 1.51. The molecule has 2 aliphatic heterocycles. The number of aliphatic hydroxyl groups excluding tert-OH is 1. The molecule has 0 bridgehead atoms. The number of pyridine rings is 1. The van der Waals surface area contributed by atoms with Crippen molar-refractivity contribution in [3.8, 4) is 11.1 Å². The molecule has 4 atom stereocenters. The first kappa shape index (κ1) is 37.1. The highest BCUT2D eigenvalue weighted by Crippen LogP contribution is 2.38. The lowest BCUT2D eigenvalue weighted by molar-refractivity contribution is -0.252. The van der Waals surface area contributed by atoms with E-state index in [-0.39, 0.29) is 38.3 Å². The van der Waals surface area contributed by atoms with E-state index in [1.54, 1.807) is 6.20 Å². The Hall–Kier alpha value is -4.62. The molecule has 0 spiro atoms. The maximum absolute atomic E-state index is 13.0. The van der Waals surface area contributed by atoms with Gasteiger partial charge in [-0.1, -0.05) is 72.8 Å². The van der Waals surface area contributed by atoms with Crippen LogP contribution in [0.4, 0.5) is 13.2 Å². The van der Waals surface area contributed by atoms with Gasteiger partial charge in [0.2, 0.25) is 5.91 Å². The average Bonchev–Trinajstić information content (AvgIpc) is 3.66. The monoisotopic (exact) mass is 716 g/mol. The molecule has 2 saturated heterocycles. The number of carbonyl (C=O) groups is 2. The number of likely N-dealkylation sites (N-methyl/N-ethyl adjacent to an activating group) is 1. The Morgan fingerprint density at radius 2 is 1.71 bits per heavy atom. The lowest BCUT2D eigenvalue weighted by Gasteiger charge is -2.38. The van der Waals surface area contributed by atoms with Crippen molar-refractivity contribution in [2.24, 2.45) is 0 Å². The summed E-state index contributed by atoms with van der Waals surface area (Å²) in [4.78, 5) is 31.9. The van der Waals surface area contributed by atoms with Crippen LogP contribution in [0, 0.1) is 0 Å². The molecule has 0 saturated carbocycles. The Morgan fingerprint density at radius 3 is 2.42 bits per heavy atom. The summed E-state index contributed by atoms with van der Waals surface area (Å²) in [5.41, 5.74) is 6.33. The van der Waals surface area contributed by atoms with E-state index < -0.39 is 30.3 Å². The predicted molar refractivity (Wildman–Crippen MR) is 188 cm³/mol. The Balaban J connectivity index is 1.11. The fourth-order valence-electron chi connectivity index (χ4n) is 6.77. The van der Waals surface area contributed by atoms with Gasteiger partial charge >= 0.3 is 12.1 Å². The molecule has 0 radical (unpaired) electrons. The molecule has 3 heterocycles. The number of halogens is 3. The zero-order valence-corrected chi connectivity index (χ0v) is 29.0. The number of aromatic nitrogens is 1. The molecule has 52 heavy (non-hydrogen) atoms. The van der Waals surface area contributed by atoms with Crippen LogP contribution in [0.2, 0.25) is 0 Å². The highest BCUT2D eigenvalue weighted by Gasteiger charge is 2.47. The largest absolute Gasteiger partial charge is 0.471 e. The highest BCUT2D eigenvalue weighted by atomic mass is 19.4. The van der Waals surface area contributed by atoms with Crippen molar-refractivity contribution in [3.63, 3.8) is 0 Å². The summed E-state index contributed by atoms with van der Waals surface area (Å²) in [6, 6.07) is 28.0. The number of likely N-dealkylation sites (tertiary alicyclic amines) is 1. The molecule has 2 amide bonds. The standard InChI is InChI=1S/C40H43F3N4O5/c1-46(21-18-33-8-2-3-19-44-33)25-34-23-36(30-12-10-27(26-48)11-13-30)52-38(51-34)31-16-14-29(15-17-31)32-7-4-6-28(22-32)24-45-37(49)35-9-5-20-47(35)39(50)40(41,42)43/h2-4,6-8,10-17,19,22,34-36,38,48H,5,9,18,20-21,23-26H2,1H3,(H,45,49)/t34-,35+,36+,38+/m1/s1. The molecule has 3 aromatic carbocycles. The molecule has 2 aliphatic rings. The minimum absolute atomic E-state index is 0.0299. The van der Waals surface area contributed by atoms with Crippen LogP contribution in [0.25, 0.3) is 11.1 Å². The number of hydrogen-bond donors (Lipinski definition) is 2. The van der Waals surface area contributed by atoms with E-state index in [2.05, 4.69) is 22.2 Å². The van der Waals surface area contributed by atoms with Gasteiger partial charge in [-0.2, -0.15) is 13.2 Å². The summed E-state index contributed by atoms with van der Waals surface area (Å²) in [5, 5.41) is 12.3. The molecular weight excluding hydrogens is 673 g/mol. The Labute approximate surface area is 301 Å². The molecule has 0 unspecified atom stereocenters. The minimum atomic E-state index is -5.02. The van der Waals surface area contributed by atoms with Crippen LogP contribution < -0.4 is 5.32 Å². The maximum Gasteiger partial charge on any atom is 0.471 e. The second-order valence-corrected chi connectivity index (χ2v) is 13.4. The topological polar surface area (TPSA) is 104 Å². The quantitative estimate of drug-likeness (QED) is 0.182. The molecular formula is C40H43F3N4O5. The molecule has 0 aliphatic carbocycles. The number of ether oxygens (including phenoxy) is 2. The van der Waals surface area contributed by atoms with Gasteiger partial charge in [0.1, 0.15) is 6.04 Å². The summed E-state index contributed by atoms with van der Waals surface area (Å²) in [7, 11) is 2.08. The summed E-state index contributed by atoms with van der Waals surface area (Å²) < 4.78 is 52.2. The molecule has 2 fully saturated rings. The van der Waals surface area contributed by atoms with E-state index in [1.807, 2.05) is 91.0 Å². The van der Waals surface area contributed by atoms with E-state index in [0.29, 0.717) is 24.3 Å². The van der Waals surface area contributed by atoms with Crippen molar-refractivity contribution < 1.29 is 37.3 Å². The molecule has 9 nitrogen and oxygen atoms in total. The third-order valence-electron chi connectivity index (χ3n) is 9.57. The smallest absolute Gasteiger partial charge is 0.392 e. The zero-order valence-electron chi connectivity index (χ0n) is 29.0. The van der Waals surface area contributed by atoms with Crippen LogP contribution >= 0.6 is 0 Å². The number of benzene rings is 3. The SMILES string of the molecule is CN(CCc1ccccn1)C[C@H]1C[C@@H](c2ccc(CO)cc2)O[C@@H](c2ccc(-c3cccc(CNC(=O)[C@@H]4CCCN4C(=O)C(F)(F)F)c3)cc2)O1. The lowest BCUT2D eigenvalue weighted by atomic mass is 9.99. The first-order valence-electron chi connectivity index (χ1n) is 17.5. The molecule has 6 rings (SSSR count).